The zero-order valence-electron chi connectivity index (χ0n) is 58.5. The molecule has 0 saturated carbocycles. The maximum absolute atomic E-state index is 16.2. The third kappa shape index (κ3) is 19.8. The Kier molecular flexibility index (Phi) is 26.0. The summed E-state index contributed by atoms with van der Waals surface area (Å²) in [5.74, 6) is -12.0. The van der Waals surface area contributed by atoms with Gasteiger partial charge in [-0.25, -0.2) is 13.2 Å². The van der Waals surface area contributed by atoms with Crippen molar-refractivity contribution in [3.63, 3.8) is 0 Å². The number of carbonyl (C=O) groups is 12. The van der Waals surface area contributed by atoms with E-state index in [2.05, 4.69) is 57.8 Å². The van der Waals surface area contributed by atoms with Crippen molar-refractivity contribution < 1.29 is 85.3 Å². The summed E-state index contributed by atoms with van der Waals surface area (Å²) in [6.07, 6.45) is -1.85. The second-order valence-electron chi connectivity index (χ2n) is 26.8. The molecule has 2 aromatic heterocycles. The van der Waals surface area contributed by atoms with Gasteiger partial charge in [0.25, 0.3) is 5.91 Å². The van der Waals surface area contributed by atoms with Gasteiger partial charge in [-0.05, 0) is 142 Å². The van der Waals surface area contributed by atoms with Crippen LogP contribution in [0.25, 0.3) is 21.8 Å². The van der Waals surface area contributed by atoms with Crippen LogP contribution in [0.4, 0.5) is 13.2 Å². The molecule has 16 N–H and O–H groups in total. The highest BCUT2D eigenvalue weighted by molar-refractivity contribution is 6.01. The summed E-state index contributed by atoms with van der Waals surface area (Å²) < 4.78 is 57.2. The molecule has 2 saturated heterocycles. The molecular formula is C72H88F3N15O15. The Morgan fingerprint density at radius 2 is 1.32 bits per heavy atom. The lowest BCUT2D eigenvalue weighted by atomic mass is 9.94. The van der Waals surface area contributed by atoms with E-state index in [1.807, 2.05) is 0 Å². The topological polar surface area (TPSA) is 442 Å². The second-order valence-corrected chi connectivity index (χ2v) is 26.8. The Bertz CT molecular complexity index is 4210. The Morgan fingerprint density at radius 1 is 0.724 bits per heavy atom. The average Bonchev–Trinajstić information content (AvgIpc) is 1.61. The molecule has 33 heteroatoms. The number of methoxy groups -OCH3 is 1. The summed E-state index contributed by atoms with van der Waals surface area (Å²) in [5, 5.41) is 35.1. The van der Waals surface area contributed by atoms with Gasteiger partial charge in [0.1, 0.15) is 89.2 Å². The number of nitrogens with zero attached hydrogens (tertiary/aromatic N) is 2. The van der Waals surface area contributed by atoms with Crippen LogP contribution < -0.4 is 68.8 Å². The molecule has 105 heavy (non-hydrogen) atoms. The van der Waals surface area contributed by atoms with E-state index in [9.17, 15) is 52.6 Å². The standard InChI is InChI=1S/C72H88F3N15O15/c1-37-63(95)84-55(27-42-32-78-51-20-14-44(73)29-49(42)51)65(97)85-57(28-43-33-79-52-21-15-45(74)30-50(43)52)69(101)89-35-46(75)31-59(89)67(99)88-61(38(2)91)68(100)86-56(26-41-10-16-47(104-5)17-11-41)70(102)90-24-8-22-72(90,4)71(103)87-54(62(77)94)25-40-12-18-48(19-13-40)105-36-60(93)80-34-58(82-39(3)92)66(98)83-53(64(96)81-37)9-6-7-23-76/h10-21,29-30,32-33,37-38,46,53-59,61,78-79,91H,6-9,22-28,31,34-36,76H2,1-5H3,(H2,77,94)(H,80,93)(H,81,96)(H,82,92)(H,83,98)(H,84,95)(H,85,97)(H,86,100)(H,87,103)(H,88,99)/t37-,38-,46+,53+,54+,55+,56+,57+,58+,59+,61+,72+/m1/s1. The van der Waals surface area contributed by atoms with Crippen molar-refractivity contribution in [1.29, 1.82) is 0 Å². The van der Waals surface area contributed by atoms with E-state index in [-0.39, 0.29) is 79.3 Å². The predicted molar refractivity (Wildman–Crippen MR) is 374 cm³/mol. The summed E-state index contributed by atoms with van der Waals surface area (Å²) >= 11 is 0. The Balaban J connectivity index is 1.07. The highest BCUT2D eigenvalue weighted by Crippen LogP contribution is 2.32. The first-order chi connectivity index (χ1) is 50.0. The Labute approximate surface area is 601 Å². The highest BCUT2D eigenvalue weighted by Gasteiger charge is 2.50. The quantitative estimate of drug-likeness (QED) is 0.0502. The molecule has 6 heterocycles. The number of aromatic amines is 2. The lowest BCUT2D eigenvalue weighted by Crippen LogP contribution is -2.64. The van der Waals surface area contributed by atoms with E-state index < -0.39 is 194 Å². The van der Waals surface area contributed by atoms with Crippen LogP contribution in [-0.2, 0) is 83.2 Å². The first kappa shape index (κ1) is 78.1. The molecule has 4 aliphatic rings. The van der Waals surface area contributed by atoms with E-state index in [1.54, 1.807) is 36.4 Å². The van der Waals surface area contributed by atoms with Crippen molar-refractivity contribution >= 4 is 92.7 Å². The average molecular weight is 1460 g/mol. The van der Waals surface area contributed by atoms with Crippen molar-refractivity contribution in [2.24, 2.45) is 11.5 Å². The van der Waals surface area contributed by atoms with Gasteiger partial charge in [0.05, 0.1) is 19.8 Å². The molecule has 12 atom stereocenters. The van der Waals surface area contributed by atoms with Crippen LogP contribution in [0.2, 0.25) is 0 Å². The number of rotatable bonds is 14. The number of aliphatic hydroxyl groups excluding tert-OH is 1. The normalized spacial score (nSPS) is 25.2. The van der Waals surface area contributed by atoms with Gasteiger partial charge in [-0.2, -0.15) is 0 Å². The number of nitrogens with one attached hydrogen (secondary N) is 11. The van der Waals surface area contributed by atoms with Crippen LogP contribution in [0.5, 0.6) is 11.5 Å². The fourth-order valence-corrected chi connectivity index (χ4v) is 13.2. The number of primary amides is 1. The summed E-state index contributed by atoms with van der Waals surface area (Å²) in [6.45, 7) is 3.29. The summed E-state index contributed by atoms with van der Waals surface area (Å²) in [4.78, 5) is 180. The summed E-state index contributed by atoms with van der Waals surface area (Å²) in [6, 6.07) is 5.50. The molecule has 4 aromatic carbocycles. The maximum Gasteiger partial charge on any atom is 0.258 e. The van der Waals surface area contributed by atoms with Crippen molar-refractivity contribution in [1.82, 2.24) is 67.6 Å². The maximum atomic E-state index is 16.2. The third-order valence-corrected chi connectivity index (χ3v) is 19.0. The van der Waals surface area contributed by atoms with E-state index in [0.29, 0.717) is 34.3 Å². The van der Waals surface area contributed by atoms with E-state index in [0.717, 1.165) is 24.8 Å². The number of carbonyl (C=O) groups excluding carboxylic acids is 12. The van der Waals surface area contributed by atoms with E-state index >= 15 is 23.2 Å². The number of H-pyrrole nitrogens is 2. The van der Waals surface area contributed by atoms with Crippen molar-refractivity contribution in [3.05, 3.63) is 131 Å². The number of aromatic nitrogens is 2. The molecule has 2 fully saturated rings. The van der Waals surface area contributed by atoms with Gasteiger partial charge >= 0.3 is 0 Å². The minimum Gasteiger partial charge on any atom is -0.497 e. The van der Waals surface area contributed by atoms with E-state index in [4.69, 9.17) is 20.9 Å². The van der Waals surface area contributed by atoms with Crippen LogP contribution in [0.3, 0.4) is 0 Å². The number of hydrogen-bond acceptors (Lipinski definition) is 16. The first-order valence-corrected chi connectivity index (χ1v) is 34.5. The van der Waals surface area contributed by atoms with Gasteiger partial charge < -0.3 is 93.7 Å². The zero-order valence-corrected chi connectivity index (χ0v) is 58.5. The molecule has 2 bridgehead atoms. The number of aliphatic hydroxyl groups is 1. The molecule has 30 nitrogen and oxygen atoms in total. The molecule has 0 unspecified atom stereocenters. The second kappa shape index (κ2) is 34.9. The van der Waals surface area contributed by atoms with Crippen molar-refractivity contribution in [2.75, 3.05) is 39.9 Å². The molecule has 0 aliphatic carbocycles. The van der Waals surface area contributed by atoms with Gasteiger partial charge in [0, 0.05) is 86.3 Å². The monoisotopic (exact) mass is 1460 g/mol. The number of fused-ring (bicyclic) bond motifs is 31. The third-order valence-electron chi connectivity index (χ3n) is 19.0. The SMILES string of the molecule is COc1ccc(C[C@@H]2NC(=O)[C@H]([C@@H](C)O)NC(=O)[C@@H]3C[C@H](F)CN3C(=O)[C@H](Cc3c[nH]c4ccc(F)cc34)NC(=O)[C@H](Cc3c[nH]c4ccc(F)cc34)NC(=O)[C@@H](C)NC(=O)[C@H](CCCCN)NC(=O)[C@@H](NC(C)=O)CNC(=O)COc3ccc(cc3)C[C@@H](C(N)=O)NC(=O)[C@]3(C)CCCN3C2=O)cc1. The van der Waals surface area contributed by atoms with Gasteiger partial charge in [-0.15, -0.1) is 0 Å². The molecule has 6 aromatic rings. The molecule has 562 valence electrons. The minimum atomic E-state index is -1.93. The number of nitrogens with two attached hydrogens (primary N) is 2. The Morgan fingerprint density at radius 3 is 1.93 bits per heavy atom. The lowest BCUT2D eigenvalue weighted by molar-refractivity contribution is -0.147. The fraction of sp³-hybridized carbons (Fsp3) is 0.444. The van der Waals surface area contributed by atoms with Crippen LogP contribution in [0, 0.1) is 11.6 Å². The van der Waals surface area contributed by atoms with Gasteiger partial charge in [0.15, 0.2) is 6.61 Å². The molecule has 12 amide bonds. The molecule has 4 aliphatic heterocycles. The van der Waals surface area contributed by atoms with Crippen molar-refractivity contribution in [2.45, 2.75) is 164 Å². The van der Waals surface area contributed by atoms with Crippen LogP contribution in [0.15, 0.2) is 97.3 Å². The van der Waals surface area contributed by atoms with Gasteiger partial charge in [-0.1, -0.05) is 24.3 Å². The van der Waals surface area contributed by atoms with Crippen LogP contribution in [0.1, 0.15) is 88.5 Å². The molecular weight excluding hydrogens is 1370 g/mol. The highest BCUT2D eigenvalue weighted by atomic mass is 19.1. The van der Waals surface area contributed by atoms with E-state index in [1.165, 1.54) is 80.7 Å². The number of halogens is 3. The minimum absolute atomic E-state index is 0.0231. The first-order valence-electron chi connectivity index (χ1n) is 34.5. The summed E-state index contributed by atoms with van der Waals surface area (Å²) in [7, 11) is 1.44. The molecule has 0 spiro atoms. The van der Waals surface area contributed by atoms with Crippen molar-refractivity contribution in [3.8, 4) is 11.5 Å². The number of benzene rings is 4. The number of unbranched alkanes of at least 4 members (excludes halogenated alkanes) is 1. The zero-order chi connectivity index (χ0) is 76.0. The fourth-order valence-electron chi connectivity index (χ4n) is 13.2. The smallest absolute Gasteiger partial charge is 0.258 e. The molecule has 0 radical (unpaired) electrons. The predicted octanol–water partition coefficient (Wildman–Crippen LogP) is -0.0514. The largest absolute Gasteiger partial charge is 0.497 e. The lowest BCUT2D eigenvalue weighted by Gasteiger charge is -2.37. The number of alkyl halides is 1. The number of hydrogen-bond donors (Lipinski definition) is 14. The van der Waals surface area contributed by atoms with Crippen LogP contribution in [-0.4, -0.2) is 208 Å². The van der Waals surface area contributed by atoms with Gasteiger partial charge in [-0.3, -0.25) is 57.5 Å². The summed E-state index contributed by atoms with van der Waals surface area (Å²) in [5.41, 5.74) is 12.3. The number of ether oxygens (including phenoxy) is 2. The molecule has 10 rings (SSSR count). The van der Waals surface area contributed by atoms with Gasteiger partial charge in [0.2, 0.25) is 65.0 Å². The van der Waals surface area contributed by atoms with Crippen LogP contribution >= 0.6 is 0 Å². The Hall–Kier alpha value is -11.1. The number of amides is 12.